The fourth-order valence-corrected chi connectivity index (χ4v) is 4.10. The number of aryl methyl sites for hydroxylation is 1. The lowest BCUT2D eigenvalue weighted by atomic mass is 10.1. The summed E-state index contributed by atoms with van der Waals surface area (Å²) in [7, 11) is 1.63. The SMILES string of the molecule is COc1cccc(-c2n[nH]c(C3CCCN3C(=O)c3cc(C)ccc3-n3nccn3)n2)c1. The summed E-state index contributed by atoms with van der Waals surface area (Å²) in [4.78, 5) is 21.7. The molecule has 32 heavy (non-hydrogen) atoms. The summed E-state index contributed by atoms with van der Waals surface area (Å²) in [5.41, 5.74) is 3.08. The van der Waals surface area contributed by atoms with Crippen LogP contribution >= 0.6 is 0 Å². The number of hydrogen-bond acceptors (Lipinski definition) is 6. The number of carbonyl (C=O) groups is 1. The zero-order valence-electron chi connectivity index (χ0n) is 17.9. The van der Waals surface area contributed by atoms with E-state index in [0.29, 0.717) is 29.4 Å². The summed E-state index contributed by atoms with van der Waals surface area (Å²) in [6.45, 7) is 2.62. The minimum atomic E-state index is -0.173. The smallest absolute Gasteiger partial charge is 0.256 e. The maximum absolute atomic E-state index is 13.6. The molecule has 1 unspecified atom stereocenters. The number of benzene rings is 2. The molecule has 0 spiro atoms. The van der Waals surface area contributed by atoms with Gasteiger partial charge in [0.2, 0.25) is 0 Å². The number of H-pyrrole nitrogens is 1. The molecule has 162 valence electrons. The van der Waals surface area contributed by atoms with Crippen molar-refractivity contribution in [2.45, 2.75) is 25.8 Å². The van der Waals surface area contributed by atoms with Crippen molar-refractivity contribution in [3.05, 3.63) is 71.8 Å². The summed E-state index contributed by atoms with van der Waals surface area (Å²) in [6, 6.07) is 13.1. The summed E-state index contributed by atoms with van der Waals surface area (Å²) in [5.74, 6) is 1.93. The standard InChI is InChI=1S/C23H23N7O2/c1-15-8-9-19(30-24-10-11-25-30)18(13-15)23(31)29-12-4-7-20(29)22-26-21(27-28-22)16-5-3-6-17(14-16)32-2/h3,5-6,8-11,13-14,20H,4,7,12H2,1-2H3,(H,26,27,28). The molecule has 2 aromatic carbocycles. The molecule has 0 saturated carbocycles. The Bertz CT molecular complexity index is 1250. The van der Waals surface area contributed by atoms with Crippen LogP contribution in [-0.4, -0.2) is 54.6 Å². The largest absolute Gasteiger partial charge is 0.497 e. The van der Waals surface area contributed by atoms with Crippen molar-refractivity contribution in [2.75, 3.05) is 13.7 Å². The first-order valence-electron chi connectivity index (χ1n) is 10.5. The van der Waals surface area contributed by atoms with Crippen LogP contribution < -0.4 is 4.74 Å². The lowest BCUT2D eigenvalue weighted by molar-refractivity contribution is 0.0729. The predicted octanol–water partition coefficient (Wildman–Crippen LogP) is 3.35. The molecule has 1 atom stereocenters. The molecule has 1 aliphatic rings. The molecule has 5 rings (SSSR count). The molecule has 4 aromatic rings. The maximum atomic E-state index is 13.6. The van der Waals surface area contributed by atoms with Crippen LogP contribution in [0.3, 0.4) is 0 Å². The van der Waals surface area contributed by atoms with E-state index in [0.717, 1.165) is 29.7 Å². The van der Waals surface area contributed by atoms with Crippen LogP contribution in [0.5, 0.6) is 5.75 Å². The van der Waals surface area contributed by atoms with Crippen LogP contribution in [-0.2, 0) is 0 Å². The van der Waals surface area contributed by atoms with Crippen LogP contribution in [0.2, 0.25) is 0 Å². The quantitative estimate of drug-likeness (QED) is 0.522. The fourth-order valence-electron chi connectivity index (χ4n) is 4.10. The van der Waals surface area contributed by atoms with E-state index in [1.807, 2.05) is 54.3 Å². The Hall–Kier alpha value is -4.01. The molecule has 0 aliphatic carbocycles. The van der Waals surface area contributed by atoms with Crippen molar-refractivity contribution in [3.63, 3.8) is 0 Å². The normalized spacial score (nSPS) is 15.8. The Balaban J connectivity index is 1.46. The van der Waals surface area contributed by atoms with Gasteiger partial charge in [-0.05, 0) is 44.0 Å². The first-order chi connectivity index (χ1) is 15.6. The number of nitrogens with one attached hydrogen (secondary N) is 1. The monoisotopic (exact) mass is 429 g/mol. The Kier molecular flexibility index (Phi) is 5.14. The van der Waals surface area contributed by atoms with Gasteiger partial charge in [0.25, 0.3) is 5.91 Å². The van der Waals surface area contributed by atoms with Gasteiger partial charge in [-0.1, -0.05) is 23.8 Å². The highest BCUT2D eigenvalue weighted by Crippen LogP contribution is 2.33. The highest BCUT2D eigenvalue weighted by atomic mass is 16.5. The average molecular weight is 429 g/mol. The average Bonchev–Trinajstić information content (AvgIpc) is 3.59. The maximum Gasteiger partial charge on any atom is 0.256 e. The van der Waals surface area contributed by atoms with Crippen LogP contribution in [0.4, 0.5) is 0 Å². The van der Waals surface area contributed by atoms with Crippen LogP contribution in [0.1, 0.15) is 40.6 Å². The molecule has 0 radical (unpaired) electrons. The van der Waals surface area contributed by atoms with E-state index in [4.69, 9.17) is 9.72 Å². The van der Waals surface area contributed by atoms with Crippen molar-refractivity contribution in [2.24, 2.45) is 0 Å². The Morgan fingerprint density at radius 3 is 2.81 bits per heavy atom. The van der Waals surface area contributed by atoms with Gasteiger partial charge in [-0.25, -0.2) is 4.98 Å². The molecule has 9 heteroatoms. The van der Waals surface area contributed by atoms with Crippen molar-refractivity contribution in [1.29, 1.82) is 0 Å². The number of aromatic nitrogens is 6. The van der Waals surface area contributed by atoms with E-state index in [2.05, 4.69) is 20.4 Å². The van der Waals surface area contributed by atoms with E-state index in [9.17, 15) is 4.79 Å². The summed E-state index contributed by atoms with van der Waals surface area (Å²) < 4.78 is 5.30. The third-order valence-electron chi connectivity index (χ3n) is 5.68. The van der Waals surface area contributed by atoms with E-state index >= 15 is 0 Å². The molecule has 1 N–H and O–H groups in total. The second kappa shape index (κ2) is 8.26. The number of ether oxygens (including phenoxy) is 1. The van der Waals surface area contributed by atoms with Gasteiger partial charge in [0.1, 0.15) is 11.6 Å². The number of nitrogens with zero attached hydrogens (tertiary/aromatic N) is 6. The van der Waals surface area contributed by atoms with Crippen molar-refractivity contribution in [3.8, 4) is 22.8 Å². The highest BCUT2D eigenvalue weighted by molar-refractivity contribution is 5.98. The predicted molar refractivity (Wildman–Crippen MR) is 117 cm³/mol. The minimum absolute atomic E-state index is 0.0668. The molecule has 3 heterocycles. The number of aromatic amines is 1. The van der Waals surface area contributed by atoms with Gasteiger partial charge in [-0.3, -0.25) is 9.89 Å². The topological polar surface area (TPSA) is 102 Å². The summed E-state index contributed by atoms with van der Waals surface area (Å²) in [5, 5.41) is 15.9. The lowest BCUT2D eigenvalue weighted by Gasteiger charge is -2.24. The van der Waals surface area contributed by atoms with Crippen molar-refractivity contribution >= 4 is 5.91 Å². The minimum Gasteiger partial charge on any atom is -0.497 e. The number of methoxy groups -OCH3 is 1. The van der Waals surface area contributed by atoms with E-state index in [1.165, 1.54) is 4.80 Å². The molecular formula is C23H23N7O2. The van der Waals surface area contributed by atoms with E-state index in [1.54, 1.807) is 19.5 Å². The third kappa shape index (κ3) is 3.62. The second-order valence-electron chi connectivity index (χ2n) is 7.77. The first kappa shape index (κ1) is 19.9. The zero-order valence-corrected chi connectivity index (χ0v) is 17.9. The van der Waals surface area contributed by atoms with Gasteiger partial charge in [0, 0.05) is 12.1 Å². The molecule has 0 bridgehead atoms. The Morgan fingerprint density at radius 2 is 2.00 bits per heavy atom. The van der Waals surface area contributed by atoms with E-state index < -0.39 is 0 Å². The Labute approximate surface area is 185 Å². The Morgan fingerprint density at radius 1 is 1.16 bits per heavy atom. The van der Waals surface area contributed by atoms with Crippen LogP contribution in [0.25, 0.3) is 17.1 Å². The molecule has 9 nitrogen and oxygen atoms in total. The van der Waals surface area contributed by atoms with Crippen LogP contribution in [0, 0.1) is 6.92 Å². The number of likely N-dealkylation sites (tertiary alicyclic amines) is 1. The van der Waals surface area contributed by atoms with Gasteiger partial charge in [0.05, 0.1) is 36.8 Å². The number of rotatable bonds is 5. The van der Waals surface area contributed by atoms with Gasteiger partial charge in [0.15, 0.2) is 5.82 Å². The summed E-state index contributed by atoms with van der Waals surface area (Å²) >= 11 is 0. The molecule has 1 saturated heterocycles. The molecule has 2 aromatic heterocycles. The molecule has 1 aliphatic heterocycles. The van der Waals surface area contributed by atoms with E-state index in [-0.39, 0.29) is 11.9 Å². The third-order valence-corrected chi connectivity index (χ3v) is 5.68. The molecule has 1 amide bonds. The van der Waals surface area contributed by atoms with Gasteiger partial charge >= 0.3 is 0 Å². The number of carbonyl (C=O) groups excluding carboxylic acids is 1. The first-order valence-corrected chi connectivity index (χ1v) is 10.5. The molecule has 1 fully saturated rings. The highest BCUT2D eigenvalue weighted by Gasteiger charge is 2.34. The van der Waals surface area contributed by atoms with Gasteiger partial charge in [-0.15, -0.1) is 0 Å². The number of hydrogen-bond donors (Lipinski definition) is 1. The van der Waals surface area contributed by atoms with Crippen molar-refractivity contribution < 1.29 is 9.53 Å². The second-order valence-corrected chi connectivity index (χ2v) is 7.77. The number of amides is 1. The zero-order chi connectivity index (χ0) is 22.1. The van der Waals surface area contributed by atoms with Gasteiger partial charge < -0.3 is 9.64 Å². The van der Waals surface area contributed by atoms with Gasteiger partial charge in [-0.2, -0.15) is 20.1 Å². The van der Waals surface area contributed by atoms with Crippen molar-refractivity contribution in [1.82, 2.24) is 35.1 Å². The lowest BCUT2D eigenvalue weighted by Crippen LogP contribution is -2.32. The van der Waals surface area contributed by atoms with Crippen LogP contribution in [0.15, 0.2) is 54.9 Å². The fraction of sp³-hybridized carbons (Fsp3) is 0.261. The molecular weight excluding hydrogens is 406 g/mol. The summed E-state index contributed by atoms with van der Waals surface area (Å²) in [6.07, 6.45) is 4.91.